The monoisotopic (exact) mass is 240 g/mol. The highest BCUT2D eigenvalue weighted by atomic mass is 16.2. The first-order chi connectivity index (χ1) is 7.79. The number of nitrogens with one attached hydrogen (secondary N) is 1. The largest absolute Gasteiger partial charge is 0.337 e. The van der Waals surface area contributed by atoms with Crippen LogP contribution in [0.1, 0.15) is 47.5 Å². The average Bonchev–Trinajstić information content (AvgIpc) is 2.14. The Balaban J connectivity index is 2.42. The highest BCUT2D eigenvalue weighted by Crippen LogP contribution is 2.26. The number of hydrogen-bond donors (Lipinski definition) is 1. The molecular weight excluding hydrogens is 212 g/mol. The second-order valence-electron chi connectivity index (χ2n) is 6.71. The van der Waals surface area contributed by atoms with Gasteiger partial charge in [0.25, 0.3) is 0 Å². The molecule has 0 aromatic carbocycles. The molecule has 3 heteroatoms. The molecular formula is C14H28N2O. The van der Waals surface area contributed by atoms with Gasteiger partial charge in [0.05, 0.1) is 0 Å². The number of piperazine rings is 1. The van der Waals surface area contributed by atoms with Crippen molar-refractivity contribution in [2.24, 2.45) is 11.3 Å². The Kier molecular flexibility index (Phi) is 4.99. The van der Waals surface area contributed by atoms with Crippen LogP contribution in [0.15, 0.2) is 0 Å². The maximum Gasteiger partial charge on any atom is 0.223 e. The highest BCUT2D eigenvalue weighted by Gasteiger charge is 2.25. The first-order valence-corrected chi connectivity index (χ1v) is 6.80. The lowest BCUT2D eigenvalue weighted by atomic mass is 9.84. The number of rotatable bonds is 3. The van der Waals surface area contributed by atoms with Gasteiger partial charge < -0.3 is 10.2 Å². The molecule has 1 fully saturated rings. The van der Waals surface area contributed by atoms with Crippen molar-refractivity contribution in [3.8, 4) is 0 Å². The molecule has 1 rings (SSSR count). The van der Waals surface area contributed by atoms with E-state index in [1.54, 1.807) is 0 Å². The zero-order chi connectivity index (χ0) is 13.1. The Hall–Kier alpha value is -0.570. The van der Waals surface area contributed by atoms with Gasteiger partial charge in [-0.2, -0.15) is 0 Å². The first-order valence-electron chi connectivity index (χ1n) is 6.80. The second-order valence-corrected chi connectivity index (χ2v) is 6.71. The van der Waals surface area contributed by atoms with E-state index in [0.717, 1.165) is 26.1 Å². The number of hydrogen-bond acceptors (Lipinski definition) is 2. The van der Waals surface area contributed by atoms with Gasteiger partial charge in [-0.15, -0.1) is 0 Å². The fraction of sp³-hybridized carbons (Fsp3) is 0.929. The van der Waals surface area contributed by atoms with Crippen molar-refractivity contribution < 1.29 is 4.79 Å². The SMILES string of the molecule is CC(CC(=O)N1CCNCC1C)CC(C)(C)C. The summed E-state index contributed by atoms with van der Waals surface area (Å²) in [5, 5.41) is 3.32. The minimum absolute atomic E-state index is 0.314. The van der Waals surface area contributed by atoms with Crippen LogP contribution in [-0.2, 0) is 4.79 Å². The number of nitrogens with zero attached hydrogens (tertiary/aromatic N) is 1. The van der Waals surface area contributed by atoms with E-state index in [9.17, 15) is 4.79 Å². The van der Waals surface area contributed by atoms with Gasteiger partial charge in [0.1, 0.15) is 0 Å². The predicted octanol–water partition coefficient (Wildman–Crippen LogP) is 2.27. The minimum atomic E-state index is 0.314. The standard InChI is InChI=1S/C14H28N2O/c1-11(9-14(3,4)5)8-13(17)16-7-6-15-10-12(16)2/h11-12,15H,6-10H2,1-5H3. The van der Waals surface area contributed by atoms with Crippen LogP contribution in [-0.4, -0.2) is 36.5 Å². The quantitative estimate of drug-likeness (QED) is 0.821. The molecule has 1 amide bonds. The van der Waals surface area contributed by atoms with Crippen molar-refractivity contribution in [3.05, 3.63) is 0 Å². The Morgan fingerprint density at radius 2 is 2.12 bits per heavy atom. The van der Waals surface area contributed by atoms with E-state index in [1.807, 2.05) is 4.90 Å². The molecule has 0 aromatic rings. The van der Waals surface area contributed by atoms with Crippen LogP contribution in [0.25, 0.3) is 0 Å². The molecule has 3 nitrogen and oxygen atoms in total. The van der Waals surface area contributed by atoms with Gasteiger partial charge in [0.2, 0.25) is 5.91 Å². The van der Waals surface area contributed by atoms with Gasteiger partial charge >= 0.3 is 0 Å². The fourth-order valence-corrected chi connectivity index (χ4v) is 2.74. The third-order valence-electron chi connectivity index (χ3n) is 3.31. The van der Waals surface area contributed by atoms with Crippen molar-refractivity contribution in [1.29, 1.82) is 0 Å². The summed E-state index contributed by atoms with van der Waals surface area (Å²) < 4.78 is 0. The molecule has 0 radical (unpaired) electrons. The number of amides is 1. The Morgan fingerprint density at radius 1 is 1.47 bits per heavy atom. The molecule has 2 unspecified atom stereocenters. The van der Waals surface area contributed by atoms with E-state index in [4.69, 9.17) is 0 Å². The Labute approximate surface area is 106 Å². The summed E-state index contributed by atoms with van der Waals surface area (Å²) in [6.07, 6.45) is 1.81. The van der Waals surface area contributed by atoms with Gasteiger partial charge in [0, 0.05) is 32.1 Å². The Bertz CT molecular complexity index is 257. The number of carbonyl (C=O) groups excluding carboxylic acids is 1. The summed E-state index contributed by atoms with van der Waals surface area (Å²) >= 11 is 0. The first kappa shape index (κ1) is 14.5. The molecule has 2 atom stereocenters. The van der Waals surface area contributed by atoms with Crippen molar-refractivity contribution in [2.45, 2.75) is 53.5 Å². The smallest absolute Gasteiger partial charge is 0.223 e. The van der Waals surface area contributed by atoms with E-state index < -0.39 is 0 Å². The van der Waals surface area contributed by atoms with Crippen molar-refractivity contribution in [3.63, 3.8) is 0 Å². The van der Waals surface area contributed by atoms with Gasteiger partial charge in [-0.3, -0.25) is 4.79 Å². The molecule has 100 valence electrons. The minimum Gasteiger partial charge on any atom is -0.337 e. The number of carbonyl (C=O) groups is 1. The van der Waals surface area contributed by atoms with Crippen LogP contribution in [0.3, 0.4) is 0 Å². The summed E-state index contributed by atoms with van der Waals surface area (Å²) in [6.45, 7) is 13.8. The molecule has 1 aliphatic heterocycles. The maximum atomic E-state index is 12.2. The van der Waals surface area contributed by atoms with Gasteiger partial charge in [-0.05, 0) is 24.7 Å². The van der Waals surface area contributed by atoms with E-state index in [2.05, 4.69) is 39.9 Å². The molecule has 0 aromatic heterocycles. The molecule has 0 bridgehead atoms. The van der Waals surface area contributed by atoms with Gasteiger partial charge in [-0.25, -0.2) is 0 Å². The van der Waals surface area contributed by atoms with Crippen molar-refractivity contribution >= 4 is 5.91 Å². The third kappa shape index (κ3) is 5.07. The van der Waals surface area contributed by atoms with Crippen LogP contribution in [0.2, 0.25) is 0 Å². The molecule has 1 heterocycles. The van der Waals surface area contributed by atoms with Crippen molar-refractivity contribution in [1.82, 2.24) is 10.2 Å². The van der Waals surface area contributed by atoms with Crippen LogP contribution >= 0.6 is 0 Å². The fourth-order valence-electron chi connectivity index (χ4n) is 2.74. The zero-order valence-electron chi connectivity index (χ0n) is 12.0. The average molecular weight is 240 g/mol. The van der Waals surface area contributed by atoms with E-state index in [0.29, 0.717) is 29.7 Å². The summed E-state index contributed by atoms with van der Waals surface area (Å²) in [5.74, 6) is 0.806. The molecule has 0 saturated carbocycles. The molecule has 0 aliphatic carbocycles. The molecule has 0 spiro atoms. The van der Waals surface area contributed by atoms with E-state index in [-0.39, 0.29) is 0 Å². The lowest BCUT2D eigenvalue weighted by molar-refractivity contribution is -0.135. The summed E-state index contributed by atoms with van der Waals surface area (Å²) in [5.41, 5.74) is 0.314. The van der Waals surface area contributed by atoms with Crippen LogP contribution in [0.4, 0.5) is 0 Å². The van der Waals surface area contributed by atoms with Crippen LogP contribution in [0, 0.1) is 11.3 Å². The van der Waals surface area contributed by atoms with Crippen molar-refractivity contribution in [2.75, 3.05) is 19.6 Å². The summed E-state index contributed by atoms with van der Waals surface area (Å²) in [7, 11) is 0. The normalized spacial score (nSPS) is 23.6. The predicted molar refractivity (Wildman–Crippen MR) is 71.9 cm³/mol. The zero-order valence-corrected chi connectivity index (χ0v) is 12.0. The summed E-state index contributed by atoms with van der Waals surface area (Å²) in [4.78, 5) is 14.2. The lowest BCUT2D eigenvalue weighted by Gasteiger charge is -2.35. The third-order valence-corrected chi connectivity index (χ3v) is 3.31. The molecule has 1 N–H and O–H groups in total. The van der Waals surface area contributed by atoms with Crippen LogP contribution < -0.4 is 5.32 Å². The molecule has 1 saturated heterocycles. The summed E-state index contributed by atoms with van der Waals surface area (Å²) in [6, 6.07) is 0.345. The van der Waals surface area contributed by atoms with Gasteiger partial charge in [0.15, 0.2) is 0 Å². The topological polar surface area (TPSA) is 32.3 Å². The Morgan fingerprint density at radius 3 is 2.65 bits per heavy atom. The molecule has 17 heavy (non-hydrogen) atoms. The lowest BCUT2D eigenvalue weighted by Crippen LogP contribution is -2.52. The van der Waals surface area contributed by atoms with Crippen LogP contribution in [0.5, 0.6) is 0 Å². The van der Waals surface area contributed by atoms with E-state index in [1.165, 1.54) is 0 Å². The highest BCUT2D eigenvalue weighted by molar-refractivity contribution is 5.76. The second kappa shape index (κ2) is 5.85. The maximum absolute atomic E-state index is 12.2. The van der Waals surface area contributed by atoms with Gasteiger partial charge in [-0.1, -0.05) is 27.7 Å². The van der Waals surface area contributed by atoms with E-state index >= 15 is 0 Å². The molecule has 1 aliphatic rings.